The number of fused-ring (bicyclic) bond motifs is 1. The van der Waals surface area contributed by atoms with E-state index in [0.717, 1.165) is 29.0 Å². The molecule has 1 aliphatic heterocycles. The number of aromatic nitrogens is 4. The lowest BCUT2D eigenvalue weighted by atomic mass is 10.1. The number of halogens is 1. The second-order valence-corrected chi connectivity index (χ2v) is 7.17. The monoisotopic (exact) mass is 387 g/mol. The number of pyridine rings is 2. The number of rotatable bonds is 3. The molecule has 0 unspecified atom stereocenters. The van der Waals surface area contributed by atoms with Gasteiger partial charge in [-0.05, 0) is 60.5 Å². The van der Waals surface area contributed by atoms with Gasteiger partial charge in [0, 0.05) is 48.7 Å². The fourth-order valence-electron chi connectivity index (χ4n) is 3.72. The van der Waals surface area contributed by atoms with Crippen LogP contribution in [0.15, 0.2) is 67.1 Å². The molecular formula is C22H18FN5O. The predicted octanol–water partition coefficient (Wildman–Crippen LogP) is 3.56. The first-order valence-corrected chi connectivity index (χ1v) is 9.49. The van der Waals surface area contributed by atoms with Crippen molar-refractivity contribution < 1.29 is 9.18 Å². The summed E-state index contributed by atoms with van der Waals surface area (Å²) >= 11 is 0. The number of likely N-dealkylation sites (tertiary alicyclic amines) is 1. The fourth-order valence-corrected chi connectivity index (χ4v) is 3.72. The van der Waals surface area contributed by atoms with E-state index < -0.39 is 0 Å². The second kappa shape index (κ2) is 7.09. The number of hydrogen-bond acceptors (Lipinski definition) is 4. The smallest absolute Gasteiger partial charge is 0.253 e. The van der Waals surface area contributed by atoms with Crippen LogP contribution in [-0.2, 0) is 0 Å². The minimum Gasteiger partial charge on any atom is -0.338 e. The summed E-state index contributed by atoms with van der Waals surface area (Å²) in [6.45, 7) is 1.20. The minimum atomic E-state index is -0.346. The van der Waals surface area contributed by atoms with Gasteiger partial charge in [-0.2, -0.15) is 5.10 Å². The van der Waals surface area contributed by atoms with Crippen molar-refractivity contribution in [2.24, 2.45) is 0 Å². The van der Waals surface area contributed by atoms with E-state index in [0.29, 0.717) is 18.7 Å². The highest BCUT2D eigenvalue weighted by Crippen LogP contribution is 2.27. The number of hydrogen-bond donors (Lipinski definition) is 0. The predicted molar refractivity (Wildman–Crippen MR) is 106 cm³/mol. The molecule has 6 nitrogen and oxygen atoms in total. The molecular weight excluding hydrogens is 369 g/mol. The third-order valence-electron chi connectivity index (χ3n) is 5.29. The number of benzene rings is 1. The van der Waals surface area contributed by atoms with Gasteiger partial charge in [0.1, 0.15) is 5.82 Å². The van der Waals surface area contributed by atoms with Gasteiger partial charge in [0.2, 0.25) is 0 Å². The molecule has 4 heterocycles. The van der Waals surface area contributed by atoms with Crippen LogP contribution in [-0.4, -0.2) is 43.5 Å². The Kier molecular flexibility index (Phi) is 4.27. The zero-order valence-corrected chi connectivity index (χ0v) is 15.6. The lowest BCUT2D eigenvalue weighted by Crippen LogP contribution is -2.28. The maximum absolute atomic E-state index is 13.1. The van der Waals surface area contributed by atoms with E-state index in [-0.39, 0.29) is 17.6 Å². The van der Waals surface area contributed by atoms with Crippen molar-refractivity contribution in [1.82, 2.24) is 24.5 Å². The van der Waals surface area contributed by atoms with Gasteiger partial charge in [-0.1, -0.05) is 0 Å². The summed E-state index contributed by atoms with van der Waals surface area (Å²) in [6.07, 6.45) is 6.29. The third kappa shape index (κ3) is 3.35. The average molecular weight is 387 g/mol. The zero-order chi connectivity index (χ0) is 19.8. The Balaban J connectivity index is 1.36. The number of carbonyl (C=O) groups is 1. The molecule has 7 heteroatoms. The SMILES string of the molecule is O=C(c1ccc(F)cc1)N1CC[C@@H](c2nc3ccc(-c4ccncc4)cn3n2)C1. The third-order valence-corrected chi connectivity index (χ3v) is 5.29. The second-order valence-electron chi connectivity index (χ2n) is 7.17. The van der Waals surface area contributed by atoms with Crippen molar-refractivity contribution >= 4 is 11.6 Å². The van der Waals surface area contributed by atoms with E-state index in [1.807, 2.05) is 30.5 Å². The fraction of sp³-hybridized carbons (Fsp3) is 0.182. The van der Waals surface area contributed by atoms with Crippen LogP contribution in [0.2, 0.25) is 0 Å². The van der Waals surface area contributed by atoms with E-state index in [1.54, 1.807) is 21.8 Å². The normalized spacial score (nSPS) is 16.4. The Hall–Kier alpha value is -3.61. The summed E-state index contributed by atoms with van der Waals surface area (Å²) in [5.41, 5.74) is 3.38. The summed E-state index contributed by atoms with van der Waals surface area (Å²) in [5, 5.41) is 4.66. The molecule has 0 N–H and O–H groups in total. The average Bonchev–Trinajstić information content (AvgIpc) is 3.41. The highest BCUT2D eigenvalue weighted by Gasteiger charge is 2.30. The van der Waals surface area contributed by atoms with Crippen molar-refractivity contribution in [3.05, 3.63) is 84.3 Å². The highest BCUT2D eigenvalue weighted by molar-refractivity contribution is 5.94. The Morgan fingerprint density at radius 2 is 1.79 bits per heavy atom. The molecule has 5 rings (SSSR count). The standard InChI is InChI=1S/C22H18FN5O/c23-19-4-1-16(2-5-19)22(29)27-12-9-18(13-27)21-25-20-6-3-17(14-28(20)26-21)15-7-10-24-11-8-15/h1-8,10-11,14,18H,9,12-13H2/t18-/m1/s1. The summed E-state index contributed by atoms with van der Waals surface area (Å²) in [5.74, 6) is 0.395. The highest BCUT2D eigenvalue weighted by atomic mass is 19.1. The number of amides is 1. The van der Waals surface area contributed by atoms with Gasteiger partial charge in [0.05, 0.1) is 0 Å². The molecule has 1 saturated heterocycles. The van der Waals surface area contributed by atoms with E-state index in [2.05, 4.69) is 15.1 Å². The van der Waals surface area contributed by atoms with E-state index in [9.17, 15) is 9.18 Å². The summed E-state index contributed by atoms with van der Waals surface area (Å²) in [6, 6.07) is 13.5. The summed E-state index contributed by atoms with van der Waals surface area (Å²) < 4.78 is 14.9. The van der Waals surface area contributed by atoms with Gasteiger partial charge in [0.25, 0.3) is 5.91 Å². The van der Waals surface area contributed by atoms with Gasteiger partial charge in [0.15, 0.2) is 11.5 Å². The first-order chi connectivity index (χ1) is 14.2. The van der Waals surface area contributed by atoms with Crippen molar-refractivity contribution in [3.63, 3.8) is 0 Å². The van der Waals surface area contributed by atoms with Crippen LogP contribution >= 0.6 is 0 Å². The van der Waals surface area contributed by atoms with E-state index in [4.69, 9.17) is 0 Å². The van der Waals surface area contributed by atoms with Crippen LogP contribution in [0.3, 0.4) is 0 Å². The molecule has 3 aromatic heterocycles. The molecule has 1 aliphatic rings. The molecule has 0 saturated carbocycles. The van der Waals surface area contributed by atoms with E-state index in [1.165, 1.54) is 24.3 Å². The van der Waals surface area contributed by atoms with Crippen molar-refractivity contribution in [3.8, 4) is 11.1 Å². The Bertz CT molecular complexity index is 1170. The molecule has 144 valence electrons. The van der Waals surface area contributed by atoms with Crippen molar-refractivity contribution in [2.75, 3.05) is 13.1 Å². The molecule has 29 heavy (non-hydrogen) atoms. The van der Waals surface area contributed by atoms with Crippen molar-refractivity contribution in [2.45, 2.75) is 12.3 Å². The molecule has 1 aromatic carbocycles. The van der Waals surface area contributed by atoms with Crippen molar-refractivity contribution in [1.29, 1.82) is 0 Å². The molecule has 0 aliphatic carbocycles. The zero-order valence-electron chi connectivity index (χ0n) is 15.6. The molecule has 4 aromatic rings. The molecule has 1 atom stereocenters. The van der Waals surface area contributed by atoms with Gasteiger partial charge < -0.3 is 4.90 Å². The van der Waals surface area contributed by atoms with Crippen LogP contribution in [0.4, 0.5) is 4.39 Å². The number of carbonyl (C=O) groups excluding carboxylic acids is 1. The van der Waals surface area contributed by atoms with Gasteiger partial charge >= 0.3 is 0 Å². The summed E-state index contributed by atoms with van der Waals surface area (Å²) in [7, 11) is 0. The maximum atomic E-state index is 13.1. The maximum Gasteiger partial charge on any atom is 0.253 e. The van der Waals surface area contributed by atoms with Crippen LogP contribution in [0.1, 0.15) is 28.5 Å². The van der Waals surface area contributed by atoms with Crippen LogP contribution in [0.25, 0.3) is 16.8 Å². The molecule has 0 bridgehead atoms. The molecule has 1 amide bonds. The van der Waals surface area contributed by atoms with Crippen LogP contribution in [0, 0.1) is 5.82 Å². The lowest BCUT2D eigenvalue weighted by molar-refractivity contribution is 0.0790. The van der Waals surface area contributed by atoms with Gasteiger partial charge in [-0.3, -0.25) is 9.78 Å². The molecule has 0 radical (unpaired) electrons. The van der Waals surface area contributed by atoms with Gasteiger partial charge in [-0.15, -0.1) is 0 Å². The topological polar surface area (TPSA) is 63.4 Å². The molecule has 1 fully saturated rings. The van der Waals surface area contributed by atoms with Crippen LogP contribution in [0.5, 0.6) is 0 Å². The quantitative estimate of drug-likeness (QED) is 0.539. The number of nitrogens with zero attached hydrogens (tertiary/aromatic N) is 5. The van der Waals surface area contributed by atoms with Crippen LogP contribution < -0.4 is 0 Å². The minimum absolute atomic E-state index is 0.0867. The first-order valence-electron chi connectivity index (χ1n) is 9.49. The lowest BCUT2D eigenvalue weighted by Gasteiger charge is -2.15. The first kappa shape index (κ1) is 17.5. The Morgan fingerprint density at radius 3 is 2.59 bits per heavy atom. The van der Waals surface area contributed by atoms with Gasteiger partial charge in [-0.25, -0.2) is 13.9 Å². The Labute approximate surface area is 166 Å². The largest absolute Gasteiger partial charge is 0.338 e. The Morgan fingerprint density at radius 1 is 1.00 bits per heavy atom. The van der Waals surface area contributed by atoms with E-state index >= 15 is 0 Å². The molecule has 0 spiro atoms. The summed E-state index contributed by atoms with van der Waals surface area (Å²) in [4.78, 5) is 23.2.